The molecule has 2 amide bonds. The summed E-state index contributed by atoms with van der Waals surface area (Å²) in [6.45, 7) is 1.50. The number of amides is 2. The molecule has 7 nitrogen and oxygen atoms in total. The lowest BCUT2D eigenvalue weighted by molar-refractivity contribution is 0.0784. The maximum Gasteiger partial charge on any atom is 0.409 e. The number of ether oxygens (including phenoxy) is 2. The van der Waals surface area contributed by atoms with Crippen molar-refractivity contribution in [1.29, 1.82) is 0 Å². The van der Waals surface area contributed by atoms with Crippen molar-refractivity contribution in [3.05, 3.63) is 57.3 Å². The van der Waals surface area contributed by atoms with E-state index < -0.39 is 0 Å². The topological polar surface area (TPSA) is 80.8 Å². The van der Waals surface area contributed by atoms with Gasteiger partial charge in [-0.3, -0.25) is 4.79 Å². The lowest BCUT2D eigenvalue weighted by atomic mass is 10.1. The zero-order chi connectivity index (χ0) is 20.8. The molecule has 0 radical (unpaired) electrons. The first-order valence-corrected chi connectivity index (χ1v) is 10.3. The first-order chi connectivity index (χ1) is 14.0. The quantitative estimate of drug-likeness (QED) is 0.696. The molecule has 154 valence electrons. The summed E-state index contributed by atoms with van der Waals surface area (Å²) in [6, 6.07) is 8.88. The van der Waals surface area contributed by atoms with Gasteiger partial charge in [-0.15, -0.1) is 0 Å². The van der Waals surface area contributed by atoms with Gasteiger partial charge in [0, 0.05) is 49.8 Å². The molecule has 0 aliphatic carbocycles. The molecule has 3 rings (SSSR count). The summed E-state index contributed by atoms with van der Waals surface area (Å²) in [4.78, 5) is 29.9. The number of aromatic nitrogens is 1. The minimum absolute atomic E-state index is 0.0559. The molecular weight excluding hydrogens is 462 g/mol. The fraction of sp³-hybridized carbons (Fsp3) is 0.350. The monoisotopic (exact) mass is 481 g/mol. The molecule has 0 atom stereocenters. The summed E-state index contributed by atoms with van der Waals surface area (Å²) in [5.74, 6) is 0.256. The van der Waals surface area contributed by atoms with Crippen molar-refractivity contribution in [2.24, 2.45) is 0 Å². The van der Waals surface area contributed by atoms with Crippen LogP contribution in [-0.4, -0.2) is 48.2 Å². The lowest BCUT2D eigenvalue weighted by Gasteiger charge is -2.31. The number of hydrogen-bond donors (Lipinski definition) is 1. The Bertz CT molecular complexity index is 871. The van der Waals surface area contributed by atoms with E-state index in [1.165, 1.54) is 7.11 Å². The molecule has 2 aromatic rings. The predicted octanol–water partition coefficient (Wildman–Crippen LogP) is 4.04. The van der Waals surface area contributed by atoms with E-state index in [1.807, 2.05) is 12.1 Å². The van der Waals surface area contributed by atoms with Gasteiger partial charge in [0.05, 0.1) is 11.6 Å². The van der Waals surface area contributed by atoms with E-state index in [0.717, 1.165) is 5.56 Å². The third-order valence-electron chi connectivity index (χ3n) is 4.59. The van der Waals surface area contributed by atoms with E-state index in [2.05, 4.69) is 26.2 Å². The van der Waals surface area contributed by atoms with Crippen molar-refractivity contribution in [3.63, 3.8) is 0 Å². The maximum atomic E-state index is 12.5. The van der Waals surface area contributed by atoms with Crippen molar-refractivity contribution in [1.82, 2.24) is 15.2 Å². The summed E-state index contributed by atoms with van der Waals surface area (Å²) < 4.78 is 11.5. The Morgan fingerprint density at radius 3 is 2.62 bits per heavy atom. The number of piperidine rings is 1. The smallest absolute Gasteiger partial charge is 0.409 e. The van der Waals surface area contributed by atoms with Crippen molar-refractivity contribution < 1.29 is 19.1 Å². The van der Waals surface area contributed by atoms with Gasteiger partial charge in [-0.2, -0.15) is 0 Å². The third-order valence-corrected chi connectivity index (χ3v) is 5.44. The Morgan fingerprint density at radius 2 is 1.97 bits per heavy atom. The summed E-state index contributed by atoms with van der Waals surface area (Å²) in [5.41, 5.74) is 1.21. The van der Waals surface area contributed by atoms with Gasteiger partial charge in [0.15, 0.2) is 0 Å². The van der Waals surface area contributed by atoms with Gasteiger partial charge in [0.25, 0.3) is 5.91 Å². The number of hydrogen-bond acceptors (Lipinski definition) is 5. The van der Waals surface area contributed by atoms with Crippen molar-refractivity contribution in [2.45, 2.75) is 25.5 Å². The van der Waals surface area contributed by atoms with Crippen LogP contribution in [0.15, 0.2) is 41.0 Å². The lowest BCUT2D eigenvalue weighted by Crippen LogP contribution is -2.41. The molecular formula is C20H21BrClN3O4. The number of carbonyl (C=O) groups is 2. The van der Waals surface area contributed by atoms with Crippen LogP contribution in [0.1, 0.15) is 28.9 Å². The molecule has 0 saturated carbocycles. The second-order valence-corrected chi connectivity index (χ2v) is 7.87. The van der Waals surface area contributed by atoms with Crippen LogP contribution in [0.25, 0.3) is 0 Å². The largest absolute Gasteiger partial charge is 0.489 e. The van der Waals surface area contributed by atoms with Gasteiger partial charge in [-0.1, -0.05) is 23.7 Å². The molecule has 1 aliphatic heterocycles. The first kappa shape index (κ1) is 21.4. The summed E-state index contributed by atoms with van der Waals surface area (Å²) in [5, 5.41) is 3.48. The van der Waals surface area contributed by atoms with Crippen LogP contribution in [0.4, 0.5) is 4.79 Å². The standard InChI is InChI=1S/C20H21BrClN3O4/c1-28-20(27)25-8-6-15(7-9-25)29-18-10-17(23-12-16(18)21)19(26)24-11-13-2-4-14(22)5-3-13/h2-5,10,12,15H,6-9,11H2,1H3,(H,24,26). The van der Waals surface area contributed by atoms with Crippen LogP contribution in [0, 0.1) is 0 Å². The average molecular weight is 483 g/mol. The number of benzene rings is 1. The highest BCUT2D eigenvalue weighted by Crippen LogP contribution is 2.28. The van der Waals surface area contributed by atoms with E-state index in [1.54, 1.807) is 29.3 Å². The van der Waals surface area contributed by atoms with Gasteiger partial charge in [0.1, 0.15) is 17.5 Å². The molecule has 1 aromatic heterocycles. The van der Waals surface area contributed by atoms with Gasteiger partial charge in [-0.25, -0.2) is 9.78 Å². The summed E-state index contributed by atoms with van der Waals surface area (Å²) >= 11 is 9.29. The van der Waals surface area contributed by atoms with E-state index in [4.69, 9.17) is 21.1 Å². The number of pyridine rings is 1. The number of likely N-dealkylation sites (tertiary alicyclic amines) is 1. The van der Waals surface area contributed by atoms with Crippen molar-refractivity contribution in [3.8, 4) is 5.75 Å². The van der Waals surface area contributed by atoms with Gasteiger partial charge >= 0.3 is 6.09 Å². The average Bonchev–Trinajstić information content (AvgIpc) is 2.74. The van der Waals surface area contributed by atoms with E-state index >= 15 is 0 Å². The zero-order valence-corrected chi connectivity index (χ0v) is 18.2. The van der Waals surface area contributed by atoms with Crippen molar-refractivity contribution >= 4 is 39.5 Å². The predicted molar refractivity (Wildman–Crippen MR) is 112 cm³/mol. The summed E-state index contributed by atoms with van der Waals surface area (Å²) in [7, 11) is 1.37. The molecule has 0 spiro atoms. The first-order valence-electron chi connectivity index (χ1n) is 9.14. The van der Waals surface area contributed by atoms with E-state index in [-0.39, 0.29) is 23.8 Å². The van der Waals surface area contributed by atoms with Crippen LogP contribution in [-0.2, 0) is 11.3 Å². The highest BCUT2D eigenvalue weighted by atomic mass is 79.9. The second kappa shape index (κ2) is 9.93. The van der Waals surface area contributed by atoms with Crippen LogP contribution in [0.2, 0.25) is 5.02 Å². The van der Waals surface area contributed by atoms with E-state index in [9.17, 15) is 9.59 Å². The highest BCUT2D eigenvalue weighted by molar-refractivity contribution is 9.10. The normalized spacial score (nSPS) is 14.4. The molecule has 2 heterocycles. The summed E-state index contributed by atoms with van der Waals surface area (Å²) in [6.07, 6.45) is 2.54. The Hall–Kier alpha value is -2.32. The minimum Gasteiger partial charge on any atom is -0.489 e. The molecule has 0 bridgehead atoms. The number of rotatable bonds is 5. The molecule has 1 saturated heterocycles. The Labute approximate surface area is 182 Å². The molecule has 1 aliphatic rings. The number of carbonyl (C=O) groups excluding carboxylic acids is 2. The van der Waals surface area contributed by atoms with Crippen LogP contribution < -0.4 is 10.1 Å². The zero-order valence-electron chi connectivity index (χ0n) is 15.9. The molecule has 0 unspecified atom stereocenters. The fourth-order valence-corrected chi connectivity index (χ4v) is 3.41. The maximum absolute atomic E-state index is 12.5. The molecule has 9 heteroatoms. The number of methoxy groups -OCH3 is 1. The SMILES string of the molecule is COC(=O)N1CCC(Oc2cc(C(=O)NCc3ccc(Cl)cc3)ncc2Br)CC1. The van der Waals surface area contributed by atoms with Crippen LogP contribution in [0.5, 0.6) is 5.75 Å². The number of nitrogens with one attached hydrogen (secondary N) is 1. The van der Waals surface area contributed by atoms with Gasteiger partial charge in [-0.05, 0) is 33.6 Å². The van der Waals surface area contributed by atoms with Gasteiger partial charge < -0.3 is 19.7 Å². The van der Waals surface area contributed by atoms with E-state index in [0.29, 0.717) is 47.7 Å². The Balaban J connectivity index is 1.58. The molecule has 29 heavy (non-hydrogen) atoms. The fourth-order valence-electron chi connectivity index (χ4n) is 2.97. The molecule has 1 fully saturated rings. The second-order valence-electron chi connectivity index (χ2n) is 6.58. The highest BCUT2D eigenvalue weighted by Gasteiger charge is 2.25. The number of halogens is 2. The Morgan fingerprint density at radius 1 is 1.28 bits per heavy atom. The Kier molecular flexibility index (Phi) is 7.33. The minimum atomic E-state index is -0.326. The number of nitrogens with zero attached hydrogens (tertiary/aromatic N) is 2. The third kappa shape index (κ3) is 5.83. The molecule has 1 aromatic carbocycles. The molecule has 1 N–H and O–H groups in total. The van der Waals surface area contributed by atoms with Gasteiger partial charge in [0.2, 0.25) is 0 Å². The van der Waals surface area contributed by atoms with Crippen LogP contribution in [0.3, 0.4) is 0 Å². The van der Waals surface area contributed by atoms with Crippen LogP contribution >= 0.6 is 27.5 Å². The van der Waals surface area contributed by atoms with Crippen molar-refractivity contribution in [2.75, 3.05) is 20.2 Å².